The molecule has 1 aliphatic rings. The Morgan fingerprint density at radius 1 is 0.800 bits per heavy atom. The summed E-state index contributed by atoms with van der Waals surface area (Å²) in [5, 5.41) is 2.21. The first-order chi connectivity index (χ1) is 16.6. The zero-order chi connectivity index (χ0) is 23.8. The minimum Gasteiger partial charge on any atom is -1.00 e. The Balaban J connectivity index is 0.00000289. The van der Waals surface area contributed by atoms with E-state index in [0.717, 1.165) is 53.2 Å². The van der Waals surface area contributed by atoms with Gasteiger partial charge < -0.3 is 35.9 Å². The second-order valence-electron chi connectivity index (χ2n) is 8.69. The van der Waals surface area contributed by atoms with Crippen molar-refractivity contribution in [2.45, 2.75) is 26.3 Å². The van der Waals surface area contributed by atoms with Gasteiger partial charge in [-0.25, -0.2) is 0 Å². The van der Waals surface area contributed by atoms with Crippen LogP contribution in [0.3, 0.4) is 0 Å². The van der Waals surface area contributed by atoms with E-state index in [2.05, 4.69) is 60.2 Å². The Hall–Kier alpha value is -3.25. The molecule has 0 atom stereocenters. The topological polar surface area (TPSA) is 40.8 Å². The number of rotatable bonds is 6. The third-order valence-electron chi connectivity index (χ3n) is 6.72. The molecule has 0 bridgehead atoms. The van der Waals surface area contributed by atoms with Crippen molar-refractivity contribution < 1.29 is 40.5 Å². The summed E-state index contributed by atoms with van der Waals surface area (Å²) in [5.74, 6) is 3.00. The minimum absolute atomic E-state index is 0. The van der Waals surface area contributed by atoms with E-state index in [0.29, 0.717) is 0 Å². The van der Waals surface area contributed by atoms with E-state index < -0.39 is 0 Å². The van der Waals surface area contributed by atoms with E-state index >= 15 is 0 Å². The highest BCUT2D eigenvalue weighted by Gasteiger charge is 2.31. The van der Waals surface area contributed by atoms with Crippen LogP contribution in [0.4, 0.5) is 0 Å². The number of fused-ring (bicyclic) bond motifs is 4. The second-order valence-corrected chi connectivity index (χ2v) is 8.69. The van der Waals surface area contributed by atoms with Gasteiger partial charge in [-0.2, -0.15) is 4.57 Å². The fraction of sp³-hybridized carbons (Fsp3) is 0.276. The van der Waals surface area contributed by atoms with Crippen molar-refractivity contribution in [1.29, 1.82) is 0 Å². The lowest BCUT2D eigenvalue weighted by Gasteiger charge is -2.22. The fourth-order valence-corrected chi connectivity index (χ4v) is 5.15. The predicted molar refractivity (Wildman–Crippen MR) is 133 cm³/mol. The van der Waals surface area contributed by atoms with Gasteiger partial charge in [-0.15, -0.1) is 0 Å². The number of pyridine rings is 1. The van der Waals surface area contributed by atoms with Crippen LogP contribution >= 0.6 is 0 Å². The summed E-state index contributed by atoms with van der Waals surface area (Å²) in [6, 6.07) is 17.1. The van der Waals surface area contributed by atoms with Crippen molar-refractivity contribution in [1.82, 2.24) is 0 Å². The molecular weight excluding hydrogens is 506 g/mol. The van der Waals surface area contributed by atoms with Crippen molar-refractivity contribution in [2.24, 2.45) is 0 Å². The fourth-order valence-electron chi connectivity index (χ4n) is 5.15. The third-order valence-corrected chi connectivity index (χ3v) is 6.72. The van der Waals surface area contributed by atoms with Gasteiger partial charge in [0.2, 0.25) is 5.69 Å². The zero-order valence-corrected chi connectivity index (χ0v) is 22.4. The van der Waals surface area contributed by atoms with E-state index in [-0.39, 0.29) is 17.0 Å². The van der Waals surface area contributed by atoms with Crippen LogP contribution in [0.15, 0.2) is 54.7 Å². The molecule has 182 valence electrons. The Labute approximate surface area is 217 Å². The van der Waals surface area contributed by atoms with E-state index in [1.807, 2.05) is 6.07 Å². The van der Waals surface area contributed by atoms with E-state index in [9.17, 15) is 0 Å². The van der Waals surface area contributed by atoms with Gasteiger partial charge in [0, 0.05) is 23.8 Å². The molecule has 0 radical (unpaired) electrons. The summed E-state index contributed by atoms with van der Waals surface area (Å²) < 4.78 is 25.1. The molecule has 35 heavy (non-hydrogen) atoms. The first-order valence-electron chi connectivity index (χ1n) is 11.5. The van der Waals surface area contributed by atoms with Crippen LogP contribution in [0.25, 0.3) is 22.0 Å². The number of nitrogens with zero attached hydrogens (tertiary/aromatic N) is 1. The highest BCUT2D eigenvalue weighted by atomic mass is 79.9. The molecule has 0 unspecified atom stereocenters. The quantitative estimate of drug-likeness (QED) is 0.355. The Kier molecular flexibility index (Phi) is 7.22. The standard InChI is InChI=1S/C29H30NO4.BrH/c1-18-7-6-8-19(13-18)14-23-21-9-10-25(31-2)29(34-5)24(21)17-30-12-11-20-15-26(32-3)27(33-4)16-22(20)28(23)30;/h6-10,13,15-17H,11-12,14H2,1-5H3;1H/q+1;/p-1. The summed E-state index contributed by atoms with van der Waals surface area (Å²) in [5.41, 5.74) is 7.45. The van der Waals surface area contributed by atoms with E-state index in [1.54, 1.807) is 28.4 Å². The Morgan fingerprint density at radius 2 is 1.54 bits per heavy atom. The van der Waals surface area contributed by atoms with Crippen LogP contribution in [0.5, 0.6) is 23.0 Å². The van der Waals surface area contributed by atoms with Gasteiger partial charge in [0.1, 0.15) is 0 Å². The summed E-state index contributed by atoms with van der Waals surface area (Å²) >= 11 is 0. The number of ether oxygens (including phenoxy) is 4. The van der Waals surface area contributed by atoms with Gasteiger partial charge in [0.15, 0.2) is 35.7 Å². The van der Waals surface area contributed by atoms with Crippen LogP contribution in [-0.4, -0.2) is 28.4 Å². The molecule has 0 saturated carbocycles. The molecule has 0 saturated heterocycles. The third kappa shape index (κ3) is 4.31. The Bertz CT molecular complexity index is 1400. The number of aryl methyl sites for hydroxylation is 3. The number of benzene rings is 3. The van der Waals surface area contributed by atoms with Crippen LogP contribution in [-0.2, 0) is 19.4 Å². The summed E-state index contributed by atoms with van der Waals surface area (Å²) in [6.07, 6.45) is 3.91. The molecule has 4 aromatic rings. The normalized spacial score (nSPS) is 11.8. The average molecular weight is 536 g/mol. The lowest BCUT2D eigenvalue weighted by Crippen LogP contribution is -3.00. The van der Waals surface area contributed by atoms with Crippen molar-refractivity contribution in [2.75, 3.05) is 28.4 Å². The molecule has 3 aromatic carbocycles. The molecule has 5 rings (SSSR count). The van der Waals surface area contributed by atoms with Crippen LogP contribution < -0.4 is 40.5 Å². The smallest absolute Gasteiger partial charge is 0.217 e. The molecule has 0 spiro atoms. The van der Waals surface area contributed by atoms with Gasteiger partial charge in [-0.1, -0.05) is 29.8 Å². The highest BCUT2D eigenvalue weighted by molar-refractivity contribution is 5.95. The molecule has 0 N–H and O–H groups in total. The number of halogens is 1. The first kappa shape index (κ1) is 24.9. The maximum absolute atomic E-state index is 5.83. The molecular formula is C29H30BrNO4. The van der Waals surface area contributed by atoms with Crippen molar-refractivity contribution in [3.05, 3.63) is 77.0 Å². The summed E-state index contributed by atoms with van der Waals surface area (Å²) in [6.45, 7) is 3.01. The molecule has 5 nitrogen and oxygen atoms in total. The maximum atomic E-state index is 5.83. The molecule has 1 aliphatic heterocycles. The van der Waals surface area contributed by atoms with Gasteiger partial charge >= 0.3 is 0 Å². The lowest BCUT2D eigenvalue weighted by molar-refractivity contribution is -0.686. The number of aromatic nitrogens is 1. The van der Waals surface area contributed by atoms with Crippen molar-refractivity contribution >= 4 is 10.8 Å². The summed E-state index contributed by atoms with van der Waals surface area (Å²) in [7, 11) is 6.76. The number of hydrogen-bond acceptors (Lipinski definition) is 4. The van der Waals surface area contributed by atoms with Crippen LogP contribution in [0.1, 0.15) is 22.3 Å². The maximum Gasteiger partial charge on any atom is 0.217 e. The minimum atomic E-state index is 0. The van der Waals surface area contributed by atoms with Gasteiger partial charge in [-0.05, 0) is 42.3 Å². The lowest BCUT2D eigenvalue weighted by atomic mass is 9.88. The molecule has 0 amide bonds. The van der Waals surface area contributed by atoms with E-state index in [4.69, 9.17) is 18.9 Å². The first-order valence-corrected chi connectivity index (χ1v) is 11.5. The molecule has 6 heteroatoms. The largest absolute Gasteiger partial charge is 1.00 e. The van der Waals surface area contributed by atoms with Crippen molar-refractivity contribution in [3.63, 3.8) is 0 Å². The van der Waals surface area contributed by atoms with Crippen molar-refractivity contribution in [3.8, 4) is 34.3 Å². The highest BCUT2D eigenvalue weighted by Crippen LogP contribution is 2.43. The summed E-state index contributed by atoms with van der Waals surface area (Å²) in [4.78, 5) is 0. The van der Waals surface area contributed by atoms with Crippen LogP contribution in [0, 0.1) is 6.92 Å². The predicted octanol–water partition coefficient (Wildman–Crippen LogP) is 2.29. The van der Waals surface area contributed by atoms with Gasteiger partial charge in [0.25, 0.3) is 0 Å². The number of methoxy groups -OCH3 is 4. The molecule has 0 fully saturated rings. The monoisotopic (exact) mass is 535 g/mol. The Morgan fingerprint density at radius 3 is 2.23 bits per heavy atom. The second kappa shape index (κ2) is 10.2. The van der Waals surface area contributed by atoms with Gasteiger partial charge in [-0.3, -0.25) is 0 Å². The van der Waals surface area contributed by atoms with Gasteiger partial charge in [0.05, 0.1) is 39.4 Å². The number of hydrogen-bond donors (Lipinski definition) is 0. The molecule has 2 heterocycles. The molecule has 1 aromatic heterocycles. The van der Waals surface area contributed by atoms with Crippen LogP contribution in [0.2, 0.25) is 0 Å². The zero-order valence-electron chi connectivity index (χ0n) is 20.8. The SMILES string of the molecule is COc1cc2c(cc1OC)-c1c(Cc3cccc(C)c3)c3ccc(OC)c(OC)c3c[n+]1CC2.[Br-]. The molecule has 0 aliphatic carbocycles. The van der Waals surface area contributed by atoms with E-state index in [1.165, 1.54) is 33.5 Å². The average Bonchev–Trinajstić information content (AvgIpc) is 2.86.